The van der Waals surface area contributed by atoms with Crippen molar-refractivity contribution in [1.82, 2.24) is 9.88 Å². The average molecular weight is 222 g/mol. The molecule has 1 N–H and O–H groups in total. The van der Waals surface area contributed by atoms with Gasteiger partial charge in [0.15, 0.2) is 0 Å². The summed E-state index contributed by atoms with van der Waals surface area (Å²) in [6.07, 6.45) is 2.84. The van der Waals surface area contributed by atoms with E-state index in [-0.39, 0.29) is 11.6 Å². The van der Waals surface area contributed by atoms with Gasteiger partial charge >= 0.3 is 0 Å². The molecule has 0 spiro atoms. The fourth-order valence-corrected chi connectivity index (χ4v) is 1.55. The van der Waals surface area contributed by atoms with Crippen molar-refractivity contribution in [1.29, 1.82) is 0 Å². The van der Waals surface area contributed by atoms with Crippen molar-refractivity contribution >= 4 is 0 Å². The molecule has 0 saturated carbocycles. The molecule has 1 aromatic rings. The second kappa shape index (κ2) is 5.85. The van der Waals surface area contributed by atoms with Crippen molar-refractivity contribution in [2.45, 2.75) is 52.7 Å². The topological polar surface area (TPSA) is 34.0 Å². The van der Waals surface area contributed by atoms with Gasteiger partial charge in [-0.3, -0.25) is 4.79 Å². The molecule has 1 atom stereocenters. The fraction of sp³-hybridized carbons (Fsp3) is 0.615. The van der Waals surface area contributed by atoms with Crippen molar-refractivity contribution in [2.75, 3.05) is 0 Å². The Labute approximate surface area is 97.5 Å². The minimum Gasteiger partial charge on any atom is -0.312 e. The van der Waals surface area contributed by atoms with Crippen LogP contribution in [0.1, 0.15) is 45.7 Å². The van der Waals surface area contributed by atoms with E-state index in [2.05, 4.69) is 33.0 Å². The second-order valence-electron chi connectivity index (χ2n) is 4.54. The Bertz CT molecular complexity index is 382. The van der Waals surface area contributed by atoms with Gasteiger partial charge in [0.05, 0.1) is 0 Å². The zero-order valence-electron chi connectivity index (χ0n) is 10.7. The molecule has 0 fully saturated rings. The molecule has 0 aliphatic carbocycles. The van der Waals surface area contributed by atoms with Gasteiger partial charge in [0.25, 0.3) is 5.56 Å². The van der Waals surface area contributed by atoms with Crippen LogP contribution in [0, 0.1) is 0 Å². The standard InChI is InChI=1S/C13H22N2O/c1-5-11(4)15-8-6-7-12(13(15)16)9-14-10(2)3/h6-8,10-11,14H,5,9H2,1-4H3. The molecule has 0 radical (unpaired) electrons. The molecule has 16 heavy (non-hydrogen) atoms. The van der Waals surface area contributed by atoms with Crippen LogP contribution in [0.2, 0.25) is 0 Å². The van der Waals surface area contributed by atoms with Crippen molar-refractivity contribution in [3.05, 3.63) is 34.2 Å². The van der Waals surface area contributed by atoms with E-state index in [1.807, 2.05) is 22.9 Å². The number of pyridine rings is 1. The van der Waals surface area contributed by atoms with E-state index >= 15 is 0 Å². The summed E-state index contributed by atoms with van der Waals surface area (Å²) in [5, 5.41) is 3.27. The van der Waals surface area contributed by atoms with Crippen LogP contribution in [0.25, 0.3) is 0 Å². The van der Waals surface area contributed by atoms with Gasteiger partial charge in [-0.2, -0.15) is 0 Å². The van der Waals surface area contributed by atoms with Gasteiger partial charge < -0.3 is 9.88 Å². The van der Waals surface area contributed by atoms with Gasteiger partial charge in [-0.15, -0.1) is 0 Å². The zero-order valence-corrected chi connectivity index (χ0v) is 10.7. The number of nitrogens with one attached hydrogen (secondary N) is 1. The van der Waals surface area contributed by atoms with Gasteiger partial charge in [0.2, 0.25) is 0 Å². The maximum absolute atomic E-state index is 12.1. The van der Waals surface area contributed by atoms with Crippen molar-refractivity contribution in [2.24, 2.45) is 0 Å². The van der Waals surface area contributed by atoms with Crippen molar-refractivity contribution in [3.63, 3.8) is 0 Å². The lowest BCUT2D eigenvalue weighted by molar-refractivity contribution is 0.505. The predicted molar refractivity (Wildman–Crippen MR) is 67.7 cm³/mol. The van der Waals surface area contributed by atoms with Crippen LogP contribution in [0.15, 0.2) is 23.1 Å². The third-order valence-electron chi connectivity index (χ3n) is 2.82. The van der Waals surface area contributed by atoms with E-state index in [1.54, 1.807) is 0 Å². The Morgan fingerprint density at radius 1 is 1.38 bits per heavy atom. The zero-order chi connectivity index (χ0) is 12.1. The summed E-state index contributed by atoms with van der Waals surface area (Å²) in [4.78, 5) is 12.1. The Hall–Kier alpha value is -1.09. The molecule has 0 aromatic carbocycles. The van der Waals surface area contributed by atoms with Crippen LogP contribution in [0.3, 0.4) is 0 Å². The monoisotopic (exact) mass is 222 g/mol. The quantitative estimate of drug-likeness (QED) is 0.829. The van der Waals surface area contributed by atoms with E-state index in [1.165, 1.54) is 0 Å². The van der Waals surface area contributed by atoms with Gasteiger partial charge in [-0.25, -0.2) is 0 Å². The van der Waals surface area contributed by atoms with Gasteiger partial charge in [0.1, 0.15) is 0 Å². The second-order valence-corrected chi connectivity index (χ2v) is 4.54. The van der Waals surface area contributed by atoms with Gasteiger partial charge in [0, 0.05) is 30.4 Å². The summed E-state index contributed by atoms with van der Waals surface area (Å²) < 4.78 is 1.82. The minimum atomic E-state index is 0.130. The van der Waals surface area contributed by atoms with Crippen LogP contribution in [-0.4, -0.2) is 10.6 Å². The van der Waals surface area contributed by atoms with Crippen LogP contribution < -0.4 is 10.9 Å². The summed E-state index contributed by atoms with van der Waals surface area (Å²) in [6, 6.07) is 4.52. The molecule has 1 heterocycles. The van der Waals surface area contributed by atoms with Gasteiger partial charge in [-0.05, 0) is 19.4 Å². The first kappa shape index (κ1) is 13.0. The van der Waals surface area contributed by atoms with E-state index < -0.39 is 0 Å². The first-order valence-electron chi connectivity index (χ1n) is 5.99. The Kier molecular flexibility index (Phi) is 4.74. The normalized spacial score (nSPS) is 13.1. The maximum Gasteiger partial charge on any atom is 0.255 e. The highest BCUT2D eigenvalue weighted by atomic mass is 16.1. The number of hydrogen-bond donors (Lipinski definition) is 1. The largest absolute Gasteiger partial charge is 0.312 e. The summed E-state index contributed by atoms with van der Waals surface area (Å²) in [5.41, 5.74) is 0.974. The molecule has 3 nitrogen and oxygen atoms in total. The first-order chi connectivity index (χ1) is 7.56. The van der Waals surface area contributed by atoms with Gasteiger partial charge in [-0.1, -0.05) is 26.8 Å². The SMILES string of the molecule is CCC(C)n1cccc(CNC(C)C)c1=O. The summed E-state index contributed by atoms with van der Waals surface area (Å²) in [5.74, 6) is 0. The molecule has 0 aliphatic heterocycles. The van der Waals surface area contributed by atoms with Crippen LogP contribution in [-0.2, 0) is 6.54 Å². The number of aromatic nitrogens is 1. The van der Waals surface area contributed by atoms with Crippen LogP contribution in [0.5, 0.6) is 0 Å². The average Bonchev–Trinajstić information content (AvgIpc) is 2.26. The molecule has 0 aliphatic rings. The summed E-state index contributed by atoms with van der Waals surface area (Å²) >= 11 is 0. The highest BCUT2D eigenvalue weighted by Crippen LogP contribution is 2.06. The molecule has 0 saturated heterocycles. The van der Waals surface area contributed by atoms with Crippen LogP contribution in [0.4, 0.5) is 0 Å². The minimum absolute atomic E-state index is 0.130. The Morgan fingerprint density at radius 3 is 2.62 bits per heavy atom. The third kappa shape index (κ3) is 3.20. The predicted octanol–water partition coefficient (Wildman–Crippen LogP) is 2.32. The molecule has 3 heteroatoms. The van der Waals surface area contributed by atoms with Crippen molar-refractivity contribution < 1.29 is 0 Å². The molecular formula is C13H22N2O. The lowest BCUT2D eigenvalue weighted by Crippen LogP contribution is -2.30. The van der Waals surface area contributed by atoms with Crippen LogP contribution >= 0.6 is 0 Å². The summed E-state index contributed by atoms with van der Waals surface area (Å²) in [6.45, 7) is 8.97. The Morgan fingerprint density at radius 2 is 2.06 bits per heavy atom. The fourth-order valence-electron chi connectivity index (χ4n) is 1.55. The third-order valence-corrected chi connectivity index (χ3v) is 2.82. The Balaban J connectivity index is 2.91. The molecule has 1 unspecified atom stereocenters. The van der Waals surface area contributed by atoms with Crippen molar-refractivity contribution in [3.8, 4) is 0 Å². The highest BCUT2D eigenvalue weighted by molar-refractivity contribution is 5.10. The van der Waals surface area contributed by atoms with E-state index in [0.717, 1.165) is 12.0 Å². The number of rotatable bonds is 5. The van der Waals surface area contributed by atoms with E-state index in [9.17, 15) is 4.79 Å². The lowest BCUT2D eigenvalue weighted by Gasteiger charge is -2.14. The molecule has 0 amide bonds. The first-order valence-corrected chi connectivity index (χ1v) is 5.99. The van der Waals surface area contributed by atoms with E-state index in [0.29, 0.717) is 12.6 Å². The highest BCUT2D eigenvalue weighted by Gasteiger charge is 2.07. The number of nitrogens with zero attached hydrogens (tertiary/aromatic N) is 1. The summed E-state index contributed by atoms with van der Waals surface area (Å²) in [7, 11) is 0. The molecule has 1 rings (SSSR count). The molecular weight excluding hydrogens is 200 g/mol. The smallest absolute Gasteiger partial charge is 0.255 e. The maximum atomic E-state index is 12.1. The molecule has 90 valence electrons. The molecule has 0 bridgehead atoms. The lowest BCUT2D eigenvalue weighted by atomic mass is 10.2. The molecule has 1 aromatic heterocycles. The van der Waals surface area contributed by atoms with E-state index in [4.69, 9.17) is 0 Å². The number of hydrogen-bond acceptors (Lipinski definition) is 2.